The summed E-state index contributed by atoms with van der Waals surface area (Å²) in [5.74, 6) is 0.268. The predicted molar refractivity (Wildman–Crippen MR) is 113 cm³/mol. The molecule has 0 aliphatic carbocycles. The Bertz CT molecular complexity index is 602. The van der Waals surface area contributed by atoms with Crippen LogP contribution in [0, 0.1) is 5.92 Å². The van der Waals surface area contributed by atoms with Crippen molar-refractivity contribution in [2.45, 2.75) is 65.2 Å². The van der Waals surface area contributed by atoms with Crippen LogP contribution in [0.3, 0.4) is 0 Å². The molecule has 1 aromatic rings. The minimum absolute atomic E-state index is 0. The van der Waals surface area contributed by atoms with Gasteiger partial charge in [-0.15, -0.1) is 18.8 Å². The average molecular weight is 643 g/mol. The molecule has 0 radical (unpaired) electrons. The van der Waals surface area contributed by atoms with Crippen LogP contribution < -0.4 is 175 Å². The summed E-state index contributed by atoms with van der Waals surface area (Å²) < 4.78 is 0. The van der Waals surface area contributed by atoms with Crippen molar-refractivity contribution in [2.24, 2.45) is 5.92 Å². The van der Waals surface area contributed by atoms with Crippen molar-refractivity contribution in [1.82, 2.24) is 0 Å². The molecule has 0 spiro atoms. The number of carbonyl (C=O) groups excluding carboxylic acids is 3. The number of hydrogen-bond acceptors (Lipinski definition) is 3. The molecule has 31 heavy (non-hydrogen) atoms. The quantitative estimate of drug-likeness (QED) is 0.209. The van der Waals surface area contributed by atoms with E-state index < -0.39 is 6.03 Å². The third kappa shape index (κ3) is 23.2. The molecule has 6 nitrogen and oxygen atoms in total. The van der Waals surface area contributed by atoms with E-state index in [1.54, 1.807) is 12.1 Å². The number of unbranched alkanes of at least 4 members (excludes halogenated alkanes) is 4. The minimum atomic E-state index is -0.409. The minimum Gasteiger partial charge on any atom is -0.670 e. The fourth-order valence-electron chi connectivity index (χ4n) is 2.54. The van der Waals surface area contributed by atoms with Gasteiger partial charge in [-0.1, -0.05) is 69.9 Å². The fourth-order valence-corrected chi connectivity index (χ4v) is 2.54. The van der Waals surface area contributed by atoms with E-state index in [0.717, 1.165) is 38.5 Å². The van der Waals surface area contributed by atoms with Gasteiger partial charge >= 0.3 is 175 Å². The summed E-state index contributed by atoms with van der Waals surface area (Å²) in [4.78, 5) is 34.8. The number of hydrogen-bond donors (Lipinski definition) is 0. The monoisotopic (exact) mass is 641 g/mol. The standard InChI is InChI=1S/C22H34N3O3.3Rb/c1-18(2)20(26)14-8-4-10-16-23-22(28)24-17-11-5-9-15-21(27)25-19-12-6-3-7-13-19;;;/h3,6-7,12-13,18H,4-5,8-11,14-17H2,1-2H3,(H2-,23,24,25,27,28);;;/q-1;3*+1/p-2. The molecule has 0 unspecified atom stereocenters. The zero-order valence-electron chi connectivity index (χ0n) is 20.1. The van der Waals surface area contributed by atoms with Crippen LogP contribution in [0.4, 0.5) is 10.5 Å². The number of carbonyl (C=O) groups is 3. The van der Waals surface area contributed by atoms with E-state index in [-0.39, 0.29) is 186 Å². The Hall–Kier alpha value is 3.05. The summed E-state index contributed by atoms with van der Waals surface area (Å²) in [5, 5.41) is 11.8. The molecule has 0 aromatic heterocycles. The zero-order valence-corrected chi connectivity index (χ0v) is 34.8. The van der Waals surface area contributed by atoms with E-state index >= 15 is 0 Å². The largest absolute Gasteiger partial charge is 1.00 e. The fraction of sp³-hybridized carbons (Fsp3) is 0.591. The van der Waals surface area contributed by atoms with Gasteiger partial charge in [0.05, 0.1) is 5.91 Å². The van der Waals surface area contributed by atoms with Gasteiger partial charge in [-0.3, -0.25) is 4.79 Å². The van der Waals surface area contributed by atoms with Crippen LogP contribution in [0.1, 0.15) is 65.2 Å². The van der Waals surface area contributed by atoms with Gasteiger partial charge in [0, 0.05) is 12.3 Å². The number of ketones is 1. The van der Waals surface area contributed by atoms with Gasteiger partial charge in [0.15, 0.2) is 0 Å². The summed E-state index contributed by atoms with van der Waals surface area (Å²) in [6, 6.07) is 8.78. The third-order valence-electron chi connectivity index (χ3n) is 4.28. The van der Waals surface area contributed by atoms with Gasteiger partial charge in [-0.05, 0) is 25.3 Å². The molecule has 1 aromatic carbocycles. The van der Waals surface area contributed by atoms with E-state index in [9.17, 15) is 14.4 Å². The Labute approximate surface area is 334 Å². The number of para-hydroxylation sites is 1. The number of urea groups is 1. The third-order valence-corrected chi connectivity index (χ3v) is 4.28. The van der Waals surface area contributed by atoms with Crippen LogP contribution in [-0.2, 0) is 9.59 Å². The van der Waals surface area contributed by atoms with E-state index in [0.29, 0.717) is 37.4 Å². The Balaban J connectivity index is -0.00000261. The second-order valence-corrected chi connectivity index (χ2v) is 7.13. The summed E-state index contributed by atoms with van der Waals surface area (Å²) >= 11 is 0. The number of amides is 3. The molecule has 3 amide bonds. The Kier molecular flexibility index (Phi) is 32.5. The predicted octanol–water partition coefficient (Wildman–Crippen LogP) is -2.56. The Morgan fingerprint density at radius 1 is 0.742 bits per heavy atom. The summed E-state index contributed by atoms with van der Waals surface area (Å²) in [6.07, 6.45) is 5.91. The second kappa shape index (κ2) is 26.1. The van der Waals surface area contributed by atoms with Crippen LogP contribution in [0.15, 0.2) is 30.3 Å². The normalized spacial score (nSPS) is 9.52. The summed E-state index contributed by atoms with van der Waals surface area (Å²) in [5.41, 5.74) is 0.682. The van der Waals surface area contributed by atoms with Crippen molar-refractivity contribution in [3.8, 4) is 0 Å². The molecule has 0 saturated heterocycles. The first-order chi connectivity index (χ1) is 13.5. The SMILES string of the molecule is CC(C)C(=O)CCCCC[N-]C(=O)[N-]CCCCCC(=O)[N-]c1ccccc1.[Rb+].[Rb+].[Rb+]. The molecule has 0 aliphatic heterocycles. The smallest absolute Gasteiger partial charge is 0.670 e. The first kappa shape index (κ1) is 38.6. The first-order valence-electron chi connectivity index (χ1n) is 10.2. The van der Waals surface area contributed by atoms with Crippen LogP contribution in [-0.4, -0.2) is 30.8 Å². The maximum atomic E-state index is 11.7. The number of benzene rings is 1. The van der Waals surface area contributed by atoms with Crippen LogP contribution >= 0.6 is 0 Å². The number of rotatable bonds is 14. The summed E-state index contributed by atoms with van der Waals surface area (Å²) in [7, 11) is 0. The molecule has 1 rings (SSSR count). The molecule has 0 fully saturated rings. The van der Waals surface area contributed by atoms with Gasteiger partial charge in [0.25, 0.3) is 0 Å². The van der Waals surface area contributed by atoms with Gasteiger partial charge in [-0.2, -0.15) is 0 Å². The van der Waals surface area contributed by atoms with Gasteiger partial charge < -0.3 is 25.5 Å². The van der Waals surface area contributed by atoms with E-state index in [1.807, 2.05) is 32.0 Å². The van der Waals surface area contributed by atoms with E-state index in [2.05, 4.69) is 16.0 Å². The van der Waals surface area contributed by atoms with Gasteiger partial charge in [-0.25, -0.2) is 0 Å². The summed E-state index contributed by atoms with van der Waals surface area (Å²) in [6.45, 7) is 4.73. The molecule has 156 valence electrons. The molecular formula is C22H32N3O3Rb3. The van der Waals surface area contributed by atoms with Gasteiger partial charge in [0.2, 0.25) is 0 Å². The van der Waals surface area contributed by atoms with Crippen molar-refractivity contribution in [1.29, 1.82) is 0 Å². The molecular weight excluding hydrogens is 611 g/mol. The molecule has 0 bridgehead atoms. The molecule has 0 aliphatic rings. The van der Waals surface area contributed by atoms with Crippen molar-refractivity contribution in [3.05, 3.63) is 46.3 Å². The maximum Gasteiger partial charge on any atom is 1.00 e. The van der Waals surface area contributed by atoms with E-state index in [1.165, 1.54) is 0 Å². The number of Topliss-reactive ketones (excluding diaryl/α,β-unsaturated/α-hetero) is 1. The van der Waals surface area contributed by atoms with Crippen molar-refractivity contribution in [3.63, 3.8) is 0 Å². The van der Waals surface area contributed by atoms with Crippen LogP contribution in [0.25, 0.3) is 16.0 Å². The second-order valence-electron chi connectivity index (χ2n) is 7.13. The topological polar surface area (TPSA) is 93.5 Å². The first-order valence-corrected chi connectivity index (χ1v) is 10.2. The van der Waals surface area contributed by atoms with Crippen LogP contribution in [0.5, 0.6) is 0 Å². The molecule has 0 atom stereocenters. The average Bonchev–Trinajstić information content (AvgIpc) is 2.67. The molecule has 9 heteroatoms. The molecule has 0 heterocycles. The van der Waals surface area contributed by atoms with E-state index in [4.69, 9.17) is 0 Å². The Morgan fingerprint density at radius 3 is 1.77 bits per heavy atom. The number of nitrogens with zero attached hydrogens (tertiary/aromatic N) is 3. The van der Waals surface area contributed by atoms with Crippen molar-refractivity contribution in [2.75, 3.05) is 13.1 Å². The van der Waals surface area contributed by atoms with Crippen molar-refractivity contribution >= 4 is 23.4 Å². The maximum absolute atomic E-state index is 11.7. The Morgan fingerprint density at radius 2 is 1.26 bits per heavy atom. The van der Waals surface area contributed by atoms with Crippen LogP contribution in [0.2, 0.25) is 0 Å². The molecule has 0 N–H and O–H groups in total. The molecule has 0 saturated carbocycles. The van der Waals surface area contributed by atoms with Gasteiger partial charge in [0.1, 0.15) is 5.78 Å². The van der Waals surface area contributed by atoms with Crippen molar-refractivity contribution < 1.29 is 189 Å². The zero-order chi connectivity index (χ0) is 20.6.